The van der Waals surface area contributed by atoms with Crippen LogP contribution in [0.15, 0.2) is 23.0 Å². The van der Waals surface area contributed by atoms with Gasteiger partial charge in [0.25, 0.3) is 5.78 Å². The molecule has 6 atom stereocenters. The molecule has 0 aromatic rings. The summed E-state index contributed by atoms with van der Waals surface area (Å²) in [7, 11) is -5.21. The van der Waals surface area contributed by atoms with Gasteiger partial charge in [0.1, 0.15) is 23.7 Å². The van der Waals surface area contributed by atoms with E-state index in [2.05, 4.69) is 18.9 Å². The Bertz CT molecular complexity index is 1200. The highest BCUT2D eigenvalue weighted by Gasteiger charge is 2.46. The smallest absolute Gasteiger partial charge is 0.383 e. The molecule has 1 fully saturated rings. The molecule has 0 radical (unpaired) electrons. The molecule has 0 amide bonds. The third-order valence-corrected chi connectivity index (χ3v) is 6.79. The highest BCUT2D eigenvalue weighted by molar-refractivity contribution is 7.50. The number of ether oxygens (including phenoxy) is 4. The highest BCUT2D eigenvalue weighted by atomic mass is 31.2. The normalized spacial score (nSPS) is 23.8. The molecule has 0 saturated carbocycles. The maximum Gasteiger partial charge on any atom is 0.383 e. The van der Waals surface area contributed by atoms with Gasteiger partial charge in [0, 0.05) is 0 Å². The van der Waals surface area contributed by atoms with Crippen molar-refractivity contribution in [1.82, 2.24) is 0 Å². The average Bonchev–Trinajstić information content (AvgIpc) is 3.48. The van der Waals surface area contributed by atoms with Crippen LogP contribution in [-0.2, 0) is 47.5 Å². The van der Waals surface area contributed by atoms with Crippen molar-refractivity contribution in [2.75, 3.05) is 19.8 Å². The van der Waals surface area contributed by atoms with Crippen LogP contribution in [-0.4, -0.2) is 143 Å². The fourth-order valence-corrected chi connectivity index (χ4v) is 3.04. The average molecular weight is 664 g/mol. The first-order valence-corrected chi connectivity index (χ1v) is 13.0. The molecule has 0 spiro atoms. The summed E-state index contributed by atoms with van der Waals surface area (Å²) in [5.41, 5.74) is 0. The molecular weight excluding hydrogens is 635 g/mol. The predicted molar refractivity (Wildman–Crippen MR) is 127 cm³/mol. The lowest BCUT2D eigenvalue weighted by Crippen LogP contribution is -2.37. The SMILES string of the molecule is CC(C)(OC1=C(O)[C@@H]([C@@H](O)CO)OC1=O)P(=O)([O-])[O-].O.O=C1O[C@H]([C@@H](O)CO)C(=O)C1=O.O=C1O[C@H]([C@@H](O)CO)C(O)=C1O. The van der Waals surface area contributed by atoms with Crippen molar-refractivity contribution >= 4 is 37.1 Å². The second-order valence-electron chi connectivity index (χ2n) is 8.92. The minimum atomic E-state index is -5.21. The molecule has 0 aromatic carbocycles. The van der Waals surface area contributed by atoms with E-state index in [1.165, 1.54) is 0 Å². The van der Waals surface area contributed by atoms with Crippen LogP contribution < -0.4 is 9.79 Å². The molecule has 3 rings (SSSR count). The zero-order valence-corrected chi connectivity index (χ0v) is 23.4. The van der Waals surface area contributed by atoms with Crippen molar-refractivity contribution in [3.63, 3.8) is 0 Å². The van der Waals surface area contributed by atoms with Crippen molar-refractivity contribution in [2.45, 2.75) is 55.8 Å². The first kappa shape index (κ1) is 40.3. The fourth-order valence-electron chi connectivity index (χ4n) is 2.84. The van der Waals surface area contributed by atoms with Crippen LogP contribution in [0.2, 0.25) is 0 Å². The maximum atomic E-state index is 11.4. The van der Waals surface area contributed by atoms with Crippen LogP contribution in [0, 0.1) is 0 Å². The predicted octanol–water partition coefficient (Wildman–Crippen LogP) is -7.13. The summed E-state index contributed by atoms with van der Waals surface area (Å²) >= 11 is 0. The van der Waals surface area contributed by atoms with Crippen molar-refractivity contribution in [3.8, 4) is 0 Å². The van der Waals surface area contributed by atoms with Crippen molar-refractivity contribution in [1.29, 1.82) is 0 Å². The van der Waals surface area contributed by atoms with Gasteiger partial charge in [-0.3, -0.25) is 9.59 Å². The van der Waals surface area contributed by atoms with E-state index in [9.17, 15) is 48.5 Å². The Morgan fingerprint density at radius 2 is 1.14 bits per heavy atom. The number of Topliss-reactive ketones (excluding diaryl/α,β-unsaturated/α-hetero) is 2. The van der Waals surface area contributed by atoms with Gasteiger partial charge in [0.2, 0.25) is 11.5 Å². The zero-order valence-electron chi connectivity index (χ0n) is 22.5. The van der Waals surface area contributed by atoms with Gasteiger partial charge in [0.15, 0.2) is 29.8 Å². The number of aliphatic hydroxyl groups is 9. The van der Waals surface area contributed by atoms with E-state index >= 15 is 0 Å². The van der Waals surface area contributed by atoms with E-state index in [-0.39, 0.29) is 5.48 Å². The lowest BCUT2D eigenvalue weighted by atomic mass is 10.1. The number of esters is 3. The van der Waals surface area contributed by atoms with E-state index in [1.807, 2.05) is 0 Å². The summed E-state index contributed by atoms with van der Waals surface area (Å²) in [6.45, 7) is -0.416. The van der Waals surface area contributed by atoms with Gasteiger partial charge in [-0.2, -0.15) is 0 Å². The first-order valence-electron chi connectivity index (χ1n) is 11.5. The quantitative estimate of drug-likeness (QED) is 0.0478. The highest BCUT2D eigenvalue weighted by Crippen LogP contribution is 2.45. The summed E-state index contributed by atoms with van der Waals surface area (Å²) in [6.07, 6.45) is -9.00. The molecule has 44 heavy (non-hydrogen) atoms. The molecule has 0 aliphatic carbocycles. The summed E-state index contributed by atoms with van der Waals surface area (Å²) < 4.78 is 28.6. The molecule has 3 aliphatic rings. The number of cyclic esters (lactones) is 3. The van der Waals surface area contributed by atoms with Gasteiger partial charge in [-0.15, -0.1) is 0 Å². The van der Waals surface area contributed by atoms with Gasteiger partial charge in [-0.25, -0.2) is 14.4 Å². The van der Waals surface area contributed by atoms with E-state index in [4.69, 9.17) is 35.7 Å². The fraction of sp³-hybridized carbons (Fsp3) is 0.571. The van der Waals surface area contributed by atoms with Crippen LogP contribution in [0.5, 0.6) is 0 Å². The Balaban J connectivity index is 0.000000649. The Labute approximate surface area is 245 Å². The molecule has 23 heteroatoms. The minimum absolute atomic E-state index is 0. The van der Waals surface area contributed by atoms with E-state index < -0.39 is 122 Å². The van der Waals surface area contributed by atoms with E-state index in [1.54, 1.807) is 0 Å². The summed E-state index contributed by atoms with van der Waals surface area (Å²) in [5.74, 6) is -9.45. The Morgan fingerprint density at radius 3 is 1.48 bits per heavy atom. The second-order valence-corrected chi connectivity index (χ2v) is 11.0. The Hall–Kier alpha value is -3.70. The number of hydrogen-bond acceptors (Lipinski definition) is 21. The van der Waals surface area contributed by atoms with Gasteiger partial charge in [-0.1, -0.05) is 0 Å². The molecule has 1 saturated heterocycles. The van der Waals surface area contributed by atoms with Crippen LogP contribution >= 0.6 is 7.60 Å². The number of aliphatic hydroxyl groups excluding tert-OH is 9. The summed E-state index contributed by atoms with van der Waals surface area (Å²) in [5, 5.41) is 77.6. The maximum absolute atomic E-state index is 11.4. The number of ketones is 2. The summed E-state index contributed by atoms with van der Waals surface area (Å²) in [6, 6.07) is 0. The molecule has 11 N–H and O–H groups in total. The Kier molecular flexibility index (Phi) is 14.5. The molecule has 22 nitrogen and oxygen atoms in total. The van der Waals surface area contributed by atoms with Gasteiger partial charge < -0.3 is 84.7 Å². The van der Waals surface area contributed by atoms with Gasteiger partial charge >= 0.3 is 23.7 Å². The van der Waals surface area contributed by atoms with Crippen molar-refractivity contribution < 1.29 is 109 Å². The minimum Gasteiger partial charge on any atom is -0.808 e. The monoisotopic (exact) mass is 664 g/mol. The lowest BCUT2D eigenvalue weighted by molar-refractivity contribution is -0.328. The number of hydrogen-bond donors (Lipinski definition) is 9. The van der Waals surface area contributed by atoms with Crippen LogP contribution in [0.3, 0.4) is 0 Å². The first-order chi connectivity index (χ1) is 19.7. The largest absolute Gasteiger partial charge is 0.808 e. The molecule has 0 bridgehead atoms. The topological polar surface area (TPSA) is 399 Å². The standard InChI is InChI=1S/C9H15O9P.C6H8O6.C6H6O6.H2O/c1-9(2,19(14,15)16)18-7-5(12)6(4(11)3-10)17-8(7)13;2*7-1-2(8)5-3(9)4(10)6(11)12-5;/h4,6,10-12H,3H2,1-2H3,(H2,14,15,16);2,5,7-10H,1H2;2,5,7-8H,1H2;1H2/p-2/t4-,6+;2*2-,5+;/m000./s1. The molecule has 0 unspecified atom stereocenters. The zero-order chi connectivity index (χ0) is 33.6. The third kappa shape index (κ3) is 9.15. The molecule has 252 valence electrons. The number of carbonyl (C=O) groups excluding carboxylic acids is 5. The van der Waals surface area contributed by atoms with Crippen molar-refractivity contribution in [2.24, 2.45) is 0 Å². The van der Waals surface area contributed by atoms with Crippen molar-refractivity contribution in [3.05, 3.63) is 23.0 Å². The lowest BCUT2D eigenvalue weighted by Gasteiger charge is -2.44. The van der Waals surface area contributed by atoms with Crippen LogP contribution in [0.4, 0.5) is 0 Å². The van der Waals surface area contributed by atoms with Crippen LogP contribution in [0.25, 0.3) is 0 Å². The third-order valence-electron chi connectivity index (χ3n) is 5.38. The summed E-state index contributed by atoms with van der Waals surface area (Å²) in [4.78, 5) is 75.5. The number of rotatable bonds is 9. The van der Waals surface area contributed by atoms with E-state index in [0.717, 1.165) is 13.8 Å². The molecule has 3 heterocycles. The molecule has 0 aromatic heterocycles. The van der Waals surface area contributed by atoms with Crippen LogP contribution in [0.1, 0.15) is 13.8 Å². The number of carbonyl (C=O) groups is 5. The van der Waals surface area contributed by atoms with Gasteiger partial charge in [0.05, 0.1) is 19.8 Å². The molecular formula is C21H29O22P-2. The van der Waals surface area contributed by atoms with E-state index in [0.29, 0.717) is 0 Å². The Morgan fingerprint density at radius 1 is 0.750 bits per heavy atom. The second kappa shape index (κ2) is 15.9. The van der Waals surface area contributed by atoms with Gasteiger partial charge in [-0.05, 0) is 21.4 Å². The molecule has 3 aliphatic heterocycles.